The van der Waals surface area contributed by atoms with Crippen molar-refractivity contribution in [3.05, 3.63) is 0 Å². The van der Waals surface area contributed by atoms with Crippen LogP contribution in [0.15, 0.2) is 0 Å². The van der Waals surface area contributed by atoms with E-state index in [-0.39, 0.29) is 5.92 Å². The molecule has 0 aromatic heterocycles. The molecule has 0 saturated carbocycles. The molecule has 0 aliphatic carbocycles. The lowest BCUT2D eigenvalue weighted by molar-refractivity contribution is -0.145. The Hall–Kier alpha value is -0.570. The lowest BCUT2D eigenvalue weighted by atomic mass is 9.91. The van der Waals surface area contributed by atoms with Gasteiger partial charge in [-0.05, 0) is 32.7 Å². The molecule has 0 radical (unpaired) electrons. The maximum atomic E-state index is 10.9. The summed E-state index contributed by atoms with van der Waals surface area (Å²) in [5, 5.41) is 8.95. The molecule has 0 aromatic carbocycles. The van der Waals surface area contributed by atoms with Crippen molar-refractivity contribution in [2.45, 2.75) is 37.8 Å². The zero-order chi connectivity index (χ0) is 8.72. The molecular weight excluding hydrogens is 154 g/mol. The Morgan fingerprint density at radius 2 is 2.00 bits per heavy atom. The highest BCUT2D eigenvalue weighted by molar-refractivity contribution is 5.71. The highest BCUT2D eigenvalue weighted by Gasteiger charge is 2.42. The fourth-order valence-electron chi connectivity index (χ4n) is 2.73. The third-order valence-corrected chi connectivity index (χ3v) is 3.49. The third-order valence-electron chi connectivity index (χ3n) is 3.49. The van der Waals surface area contributed by atoms with Crippen LogP contribution in [0.4, 0.5) is 0 Å². The van der Waals surface area contributed by atoms with E-state index in [2.05, 4.69) is 11.9 Å². The van der Waals surface area contributed by atoms with E-state index in [1.165, 1.54) is 6.42 Å². The summed E-state index contributed by atoms with van der Waals surface area (Å²) in [6, 6.07) is 0.992. The molecule has 2 rings (SSSR count). The molecule has 3 heteroatoms. The van der Waals surface area contributed by atoms with Gasteiger partial charge in [-0.2, -0.15) is 0 Å². The molecule has 1 N–H and O–H groups in total. The molecule has 3 nitrogen and oxygen atoms in total. The molecule has 2 fully saturated rings. The lowest BCUT2D eigenvalue weighted by Gasteiger charge is -2.35. The summed E-state index contributed by atoms with van der Waals surface area (Å²) < 4.78 is 0. The number of rotatable bonds is 1. The van der Waals surface area contributed by atoms with Crippen molar-refractivity contribution < 1.29 is 9.90 Å². The van der Waals surface area contributed by atoms with Gasteiger partial charge in [0.15, 0.2) is 0 Å². The van der Waals surface area contributed by atoms with Crippen LogP contribution in [-0.4, -0.2) is 35.1 Å². The predicted molar refractivity (Wildman–Crippen MR) is 44.9 cm³/mol. The highest BCUT2D eigenvalue weighted by atomic mass is 16.4. The first-order valence-electron chi connectivity index (χ1n) is 4.65. The van der Waals surface area contributed by atoms with E-state index < -0.39 is 5.97 Å². The fraction of sp³-hybridized carbons (Fsp3) is 0.889. The zero-order valence-electron chi connectivity index (χ0n) is 7.36. The predicted octanol–water partition coefficient (Wildman–Crippen LogP) is 0.944. The summed E-state index contributed by atoms with van der Waals surface area (Å²) in [5.74, 6) is -0.707. The number of carboxylic acids is 1. The number of aliphatic carboxylic acids is 1. The molecule has 0 spiro atoms. The fourth-order valence-corrected chi connectivity index (χ4v) is 2.73. The van der Waals surface area contributed by atoms with Gasteiger partial charge in [0.05, 0.1) is 5.92 Å². The first-order chi connectivity index (χ1) is 5.70. The second kappa shape index (κ2) is 2.73. The van der Waals surface area contributed by atoms with E-state index in [4.69, 9.17) is 5.11 Å². The van der Waals surface area contributed by atoms with Crippen molar-refractivity contribution in [1.29, 1.82) is 0 Å². The average Bonchev–Trinajstić information content (AvgIpc) is 2.32. The van der Waals surface area contributed by atoms with Gasteiger partial charge in [-0.15, -0.1) is 0 Å². The summed E-state index contributed by atoms with van der Waals surface area (Å²) in [7, 11) is 2.07. The monoisotopic (exact) mass is 169 g/mol. The Morgan fingerprint density at radius 1 is 1.33 bits per heavy atom. The maximum Gasteiger partial charge on any atom is 0.308 e. The van der Waals surface area contributed by atoms with E-state index in [9.17, 15) is 4.79 Å². The molecule has 0 aromatic rings. The van der Waals surface area contributed by atoms with Gasteiger partial charge >= 0.3 is 5.97 Å². The SMILES string of the molecule is CN1[C@@H]2CC[C@H](C(=O)O)[C@@H]1CC2. The topological polar surface area (TPSA) is 40.5 Å². The Balaban J connectivity index is 2.14. The quantitative estimate of drug-likeness (QED) is 0.635. The van der Waals surface area contributed by atoms with Gasteiger partial charge in [-0.25, -0.2) is 0 Å². The van der Waals surface area contributed by atoms with Crippen molar-refractivity contribution in [2.24, 2.45) is 5.92 Å². The number of hydrogen-bond donors (Lipinski definition) is 1. The highest BCUT2D eigenvalue weighted by Crippen LogP contribution is 2.37. The van der Waals surface area contributed by atoms with Crippen LogP contribution in [0.2, 0.25) is 0 Å². The lowest BCUT2D eigenvalue weighted by Crippen LogP contribution is -2.44. The van der Waals surface area contributed by atoms with Crippen molar-refractivity contribution >= 4 is 5.97 Å². The average molecular weight is 169 g/mol. The molecular formula is C9H15NO2. The molecule has 2 saturated heterocycles. The molecule has 2 aliphatic rings. The minimum atomic E-state index is -0.604. The minimum absolute atomic E-state index is 0.103. The molecule has 0 unspecified atom stereocenters. The van der Waals surface area contributed by atoms with Gasteiger partial charge in [0, 0.05) is 12.1 Å². The Morgan fingerprint density at radius 3 is 2.67 bits per heavy atom. The molecule has 68 valence electrons. The largest absolute Gasteiger partial charge is 0.481 e. The van der Waals surface area contributed by atoms with E-state index in [1.54, 1.807) is 0 Å². The van der Waals surface area contributed by atoms with Gasteiger partial charge in [-0.1, -0.05) is 0 Å². The smallest absolute Gasteiger partial charge is 0.308 e. The first kappa shape index (κ1) is 8.05. The normalized spacial score (nSPS) is 41.6. The van der Waals surface area contributed by atoms with E-state index >= 15 is 0 Å². The summed E-state index contributed by atoms with van der Waals surface area (Å²) in [5.41, 5.74) is 0. The number of nitrogens with zero attached hydrogens (tertiary/aromatic N) is 1. The molecule has 3 atom stereocenters. The molecule has 2 aliphatic heterocycles. The van der Waals surface area contributed by atoms with Crippen molar-refractivity contribution in [2.75, 3.05) is 7.05 Å². The second-order valence-electron chi connectivity index (χ2n) is 3.99. The van der Waals surface area contributed by atoms with E-state index in [1.807, 2.05) is 0 Å². The molecule has 2 heterocycles. The van der Waals surface area contributed by atoms with E-state index in [0.29, 0.717) is 12.1 Å². The molecule has 12 heavy (non-hydrogen) atoms. The van der Waals surface area contributed by atoms with Crippen LogP contribution < -0.4 is 0 Å². The molecule has 2 bridgehead atoms. The van der Waals surface area contributed by atoms with Crippen LogP contribution >= 0.6 is 0 Å². The van der Waals surface area contributed by atoms with Crippen molar-refractivity contribution in [3.8, 4) is 0 Å². The third kappa shape index (κ3) is 1.04. The van der Waals surface area contributed by atoms with Crippen LogP contribution in [0.5, 0.6) is 0 Å². The van der Waals surface area contributed by atoms with Crippen LogP contribution in [-0.2, 0) is 4.79 Å². The van der Waals surface area contributed by atoms with Crippen LogP contribution in [0.3, 0.4) is 0 Å². The van der Waals surface area contributed by atoms with Gasteiger partial charge in [0.1, 0.15) is 0 Å². The van der Waals surface area contributed by atoms with Gasteiger partial charge < -0.3 is 5.11 Å². The maximum absolute atomic E-state index is 10.9. The van der Waals surface area contributed by atoms with Crippen LogP contribution in [0.25, 0.3) is 0 Å². The van der Waals surface area contributed by atoms with Gasteiger partial charge in [0.25, 0.3) is 0 Å². The number of carboxylic acid groups (broad SMARTS) is 1. The number of fused-ring (bicyclic) bond motifs is 2. The number of piperidine rings is 1. The minimum Gasteiger partial charge on any atom is -0.481 e. The first-order valence-corrected chi connectivity index (χ1v) is 4.65. The van der Waals surface area contributed by atoms with Crippen molar-refractivity contribution in [1.82, 2.24) is 4.90 Å². The number of hydrogen-bond acceptors (Lipinski definition) is 2. The van der Waals surface area contributed by atoms with Crippen molar-refractivity contribution in [3.63, 3.8) is 0 Å². The van der Waals surface area contributed by atoms with E-state index in [0.717, 1.165) is 19.3 Å². The Labute approximate surface area is 72.4 Å². The molecule has 0 amide bonds. The Kier molecular flexibility index (Phi) is 1.83. The number of carbonyl (C=O) groups is 1. The summed E-state index contributed by atoms with van der Waals surface area (Å²) >= 11 is 0. The van der Waals surface area contributed by atoms with Gasteiger partial charge in [0.2, 0.25) is 0 Å². The van der Waals surface area contributed by atoms with Crippen LogP contribution in [0.1, 0.15) is 25.7 Å². The standard InChI is InChI=1S/C9H15NO2/c1-10-6-2-4-7(9(11)12)8(10)5-3-6/h6-8H,2-5H2,1H3,(H,11,12)/t6-,7+,8+/m1/s1. The van der Waals surface area contributed by atoms with Gasteiger partial charge in [-0.3, -0.25) is 9.69 Å². The van der Waals surface area contributed by atoms with Crippen LogP contribution in [0, 0.1) is 5.92 Å². The second-order valence-corrected chi connectivity index (χ2v) is 3.99. The zero-order valence-corrected chi connectivity index (χ0v) is 7.36. The summed E-state index contributed by atoms with van der Waals surface area (Å²) in [6.07, 6.45) is 4.24. The summed E-state index contributed by atoms with van der Waals surface area (Å²) in [6.45, 7) is 0. The summed E-state index contributed by atoms with van der Waals surface area (Å²) in [4.78, 5) is 13.1. The Bertz CT molecular complexity index is 205.